The summed E-state index contributed by atoms with van der Waals surface area (Å²) < 4.78 is 0. The van der Waals surface area contributed by atoms with E-state index >= 15 is 0 Å². The minimum absolute atomic E-state index is 0.281. The minimum atomic E-state index is -0.281. The number of hydrogen-bond acceptors (Lipinski definition) is 0. The average Bonchev–Trinajstić information content (AvgIpc) is 2.15. The van der Waals surface area contributed by atoms with Gasteiger partial charge in [-0.05, 0) is 17.4 Å². The fourth-order valence-electron chi connectivity index (χ4n) is 1.61. The molecule has 0 nitrogen and oxygen atoms in total. The van der Waals surface area contributed by atoms with Crippen molar-refractivity contribution in [3.63, 3.8) is 0 Å². The van der Waals surface area contributed by atoms with Crippen molar-refractivity contribution >= 4 is 19.9 Å². The van der Waals surface area contributed by atoms with E-state index in [1.807, 2.05) is 0 Å². The van der Waals surface area contributed by atoms with Crippen LogP contribution in [0.25, 0.3) is 0 Å². The highest BCUT2D eigenvalue weighted by molar-refractivity contribution is 6.95. The topological polar surface area (TPSA) is 0 Å². The van der Waals surface area contributed by atoms with Gasteiger partial charge < -0.3 is 0 Å². The zero-order valence-electron chi connectivity index (χ0n) is 6.28. The van der Waals surface area contributed by atoms with Crippen molar-refractivity contribution in [2.45, 2.75) is 38.1 Å². The molecule has 1 saturated carbocycles. The highest BCUT2D eigenvalue weighted by atomic mass is 35.6. The fraction of sp³-hybridized carbons (Fsp3) is 1.00. The van der Waals surface area contributed by atoms with Crippen molar-refractivity contribution in [1.29, 1.82) is 0 Å². The lowest BCUT2D eigenvalue weighted by molar-refractivity contribution is 0.478. The van der Waals surface area contributed by atoms with E-state index in [4.69, 9.17) is 11.1 Å². The van der Waals surface area contributed by atoms with Gasteiger partial charge in [0.15, 0.2) is 0 Å². The van der Waals surface area contributed by atoms with Crippen LogP contribution in [-0.4, -0.2) is 8.83 Å². The summed E-state index contributed by atoms with van der Waals surface area (Å²) in [5.41, 5.74) is 0. The standard InChI is InChI=1S/C7H15ClSi/c1-6-4-3-5-7(6,2)9-8/h6H,3-5,9H2,1-2H3. The van der Waals surface area contributed by atoms with Crippen LogP contribution in [0.1, 0.15) is 33.1 Å². The van der Waals surface area contributed by atoms with E-state index in [9.17, 15) is 0 Å². The Balaban J connectivity index is 2.56. The molecule has 9 heavy (non-hydrogen) atoms. The molecule has 1 aliphatic carbocycles. The molecule has 0 radical (unpaired) electrons. The van der Waals surface area contributed by atoms with Gasteiger partial charge in [0, 0.05) is 0 Å². The largest absolute Gasteiger partial charge is 0.176 e. The first-order chi connectivity index (χ1) is 4.19. The van der Waals surface area contributed by atoms with Crippen LogP contribution in [0.4, 0.5) is 0 Å². The first kappa shape index (κ1) is 7.61. The van der Waals surface area contributed by atoms with Gasteiger partial charge in [0.05, 0.1) is 0 Å². The van der Waals surface area contributed by atoms with E-state index in [-0.39, 0.29) is 8.83 Å². The van der Waals surface area contributed by atoms with E-state index in [0.717, 1.165) is 5.92 Å². The molecule has 0 N–H and O–H groups in total. The van der Waals surface area contributed by atoms with Crippen molar-refractivity contribution < 1.29 is 0 Å². The van der Waals surface area contributed by atoms with Crippen molar-refractivity contribution in [1.82, 2.24) is 0 Å². The molecule has 2 atom stereocenters. The van der Waals surface area contributed by atoms with Gasteiger partial charge in [-0.15, -0.1) is 0 Å². The quantitative estimate of drug-likeness (QED) is 0.410. The van der Waals surface area contributed by atoms with Gasteiger partial charge >= 0.3 is 0 Å². The van der Waals surface area contributed by atoms with Crippen LogP contribution in [0.5, 0.6) is 0 Å². The predicted molar refractivity (Wildman–Crippen MR) is 45.8 cm³/mol. The molecule has 0 saturated heterocycles. The summed E-state index contributed by atoms with van der Waals surface area (Å²) in [7, 11) is -0.281. The van der Waals surface area contributed by atoms with Gasteiger partial charge in [-0.2, -0.15) is 11.1 Å². The summed E-state index contributed by atoms with van der Waals surface area (Å²) in [5, 5.41) is 0.599. The monoisotopic (exact) mass is 162 g/mol. The molecule has 1 rings (SSSR count). The van der Waals surface area contributed by atoms with E-state index in [2.05, 4.69) is 13.8 Å². The SMILES string of the molecule is CC1CCCC1(C)[SiH2]Cl. The molecular formula is C7H15ClSi. The average molecular weight is 163 g/mol. The van der Waals surface area contributed by atoms with Crippen LogP contribution in [0.2, 0.25) is 5.04 Å². The van der Waals surface area contributed by atoms with Gasteiger partial charge in [0.25, 0.3) is 0 Å². The van der Waals surface area contributed by atoms with Crippen molar-refractivity contribution in [3.05, 3.63) is 0 Å². The Bertz CT molecular complexity index is 105. The molecule has 2 unspecified atom stereocenters. The van der Waals surface area contributed by atoms with Gasteiger partial charge in [-0.3, -0.25) is 0 Å². The Morgan fingerprint density at radius 3 is 2.56 bits per heavy atom. The molecule has 2 heteroatoms. The molecule has 0 aromatic carbocycles. The summed E-state index contributed by atoms with van der Waals surface area (Å²) in [4.78, 5) is 0. The second-order valence-electron chi connectivity index (χ2n) is 3.58. The Kier molecular flexibility index (Phi) is 2.22. The first-order valence-electron chi connectivity index (χ1n) is 3.75. The first-order valence-corrected chi connectivity index (χ1v) is 6.59. The van der Waals surface area contributed by atoms with Crippen LogP contribution < -0.4 is 0 Å². The third kappa shape index (κ3) is 1.32. The molecule has 0 aromatic heterocycles. The molecule has 0 aliphatic heterocycles. The predicted octanol–water partition coefficient (Wildman–Crippen LogP) is 2.31. The highest BCUT2D eigenvalue weighted by Crippen LogP contribution is 2.48. The maximum atomic E-state index is 5.98. The van der Waals surface area contributed by atoms with Crippen LogP contribution in [0.3, 0.4) is 0 Å². The lowest BCUT2D eigenvalue weighted by atomic mass is 9.99. The summed E-state index contributed by atoms with van der Waals surface area (Å²) in [6.07, 6.45) is 4.22. The van der Waals surface area contributed by atoms with Crippen molar-refractivity contribution in [3.8, 4) is 0 Å². The Hall–Kier alpha value is 0.507. The third-order valence-electron chi connectivity index (χ3n) is 2.88. The van der Waals surface area contributed by atoms with Crippen LogP contribution in [0, 0.1) is 5.92 Å². The lowest BCUT2D eigenvalue weighted by Gasteiger charge is -2.25. The highest BCUT2D eigenvalue weighted by Gasteiger charge is 2.34. The van der Waals surface area contributed by atoms with Crippen LogP contribution in [-0.2, 0) is 0 Å². The van der Waals surface area contributed by atoms with Crippen LogP contribution in [0.15, 0.2) is 0 Å². The van der Waals surface area contributed by atoms with E-state index in [0.29, 0.717) is 5.04 Å². The summed E-state index contributed by atoms with van der Waals surface area (Å²) in [5.74, 6) is 0.904. The fourth-order valence-corrected chi connectivity index (χ4v) is 3.65. The summed E-state index contributed by atoms with van der Waals surface area (Å²) in [6.45, 7) is 4.71. The van der Waals surface area contributed by atoms with Crippen molar-refractivity contribution in [2.24, 2.45) is 5.92 Å². The van der Waals surface area contributed by atoms with Gasteiger partial charge in [-0.1, -0.05) is 26.7 Å². The molecule has 0 amide bonds. The second-order valence-corrected chi connectivity index (χ2v) is 6.27. The zero-order valence-corrected chi connectivity index (χ0v) is 8.45. The molecule has 0 spiro atoms. The van der Waals surface area contributed by atoms with E-state index in [1.165, 1.54) is 19.3 Å². The van der Waals surface area contributed by atoms with Gasteiger partial charge in [-0.25, -0.2) is 0 Å². The molecular weight excluding hydrogens is 148 g/mol. The molecule has 1 aliphatic rings. The number of rotatable bonds is 1. The Labute approximate surface area is 64.5 Å². The van der Waals surface area contributed by atoms with E-state index in [1.54, 1.807) is 0 Å². The lowest BCUT2D eigenvalue weighted by Crippen LogP contribution is -2.15. The van der Waals surface area contributed by atoms with E-state index < -0.39 is 0 Å². The number of hydrogen-bond donors (Lipinski definition) is 0. The third-order valence-corrected chi connectivity index (χ3v) is 6.37. The van der Waals surface area contributed by atoms with Crippen LogP contribution >= 0.6 is 11.1 Å². The smallest absolute Gasteiger partial charge is 0.131 e. The minimum Gasteiger partial charge on any atom is -0.176 e. The maximum Gasteiger partial charge on any atom is 0.131 e. The van der Waals surface area contributed by atoms with Gasteiger partial charge in [0.1, 0.15) is 8.83 Å². The van der Waals surface area contributed by atoms with Gasteiger partial charge in [0.2, 0.25) is 0 Å². The second kappa shape index (κ2) is 2.63. The summed E-state index contributed by atoms with van der Waals surface area (Å²) in [6, 6.07) is 0. The molecule has 0 aromatic rings. The normalized spacial score (nSPS) is 45.0. The molecule has 54 valence electrons. The molecule has 0 bridgehead atoms. The maximum absolute atomic E-state index is 5.98. The van der Waals surface area contributed by atoms with Crippen molar-refractivity contribution in [2.75, 3.05) is 0 Å². The Morgan fingerprint density at radius 1 is 1.67 bits per heavy atom. The Morgan fingerprint density at radius 2 is 2.33 bits per heavy atom. The summed E-state index contributed by atoms with van der Waals surface area (Å²) >= 11 is 5.98. The zero-order chi connectivity index (χ0) is 6.91. The molecule has 1 fully saturated rings. The number of halogens is 1. The molecule has 0 heterocycles.